The minimum absolute atomic E-state index is 0.0348. The van der Waals surface area contributed by atoms with Crippen LogP contribution >= 0.6 is 0 Å². The minimum Gasteiger partial charge on any atom is -0.361 e. The summed E-state index contributed by atoms with van der Waals surface area (Å²) in [5.41, 5.74) is 8.53. The van der Waals surface area contributed by atoms with Crippen molar-refractivity contribution >= 4 is 34.4 Å². The summed E-state index contributed by atoms with van der Waals surface area (Å²) in [4.78, 5) is 50.5. The zero-order valence-corrected chi connectivity index (χ0v) is 27.0. The molecular weight excluding hydrogens is 590 g/mol. The number of nitrogens with zero attached hydrogens (tertiary/aromatic N) is 3. The molecule has 1 saturated heterocycles. The van der Waals surface area contributed by atoms with E-state index in [1.54, 1.807) is 30.9 Å². The minimum atomic E-state index is -1.19. The third-order valence-corrected chi connectivity index (χ3v) is 9.02. The molecule has 3 amide bonds. The topological polar surface area (TPSA) is 138 Å². The summed E-state index contributed by atoms with van der Waals surface area (Å²) < 4.78 is 1.76. The Hall–Kier alpha value is -5.22. The number of aromatic nitrogens is 3. The molecule has 1 aliphatic rings. The van der Waals surface area contributed by atoms with Crippen LogP contribution < -0.4 is 16.4 Å². The Kier molecular flexibility index (Phi) is 8.70. The van der Waals surface area contributed by atoms with Crippen LogP contribution in [0.25, 0.3) is 22.0 Å². The molecule has 3 aromatic carbocycles. The fourth-order valence-electron chi connectivity index (χ4n) is 6.15. The van der Waals surface area contributed by atoms with Gasteiger partial charge >= 0.3 is 0 Å². The molecule has 5 aromatic rings. The lowest BCUT2D eigenvalue weighted by Crippen LogP contribution is -2.55. The molecule has 0 aliphatic carbocycles. The largest absolute Gasteiger partial charge is 0.361 e. The van der Waals surface area contributed by atoms with Crippen molar-refractivity contribution in [3.63, 3.8) is 0 Å². The SMILES string of the molecule is CC(C)(N)C(=O)N[C@H](Cc1c[nH]c2ccccc12)C(=O)Nc1cn(C(C)(C(=O)N2CCCC2)c2ccc(-c3ccccc3)cc2)cn1. The zero-order valence-electron chi connectivity index (χ0n) is 27.0. The van der Waals surface area contributed by atoms with Crippen molar-refractivity contribution in [3.8, 4) is 11.1 Å². The van der Waals surface area contributed by atoms with Gasteiger partial charge in [-0.25, -0.2) is 4.98 Å². The first-order valence-corrected chi connectivity index (χ1v) is 16.0. The van der Waals surface area contributed by atoms with Crippen molar-refractivity contribution < 1.29 is 14.4 Å². The molecule has 10 heteroatoms. The summed E-state index contributed by atoms with van der Waals surface area (Å²) in [7, 11) is 0. The maximum Gasteiger partial charge on any atom is 0.253 e. The van der Waals surface area contributed by atoms with Crippen molar-refractivity contribution in [1.82, 2.24) is 24.8 Å². The van der Waals surface area contributed by atoms with E-state index in [9.17, 15) is 14.4 Å². The Labute approximate surface area is 274 Å². The van der Waals surface area contributed by atoms with Crippen molar-refractivity contribution in [2.24, 2.45) is 5.73 Å². The van der Waals surface area contributed by atoms with Crippen LogP contribution in [0.3, 0.4) is 0 Å². The van der Waals surface area contributed by atoms with E-state index >= 15 is 0 Å². The maximum atomic E-state index is 14.2. The number of anilines is 1. The van der Waals surface area contributed by atoms with Crippen LogP contribution in [-0.2, 0) is 26.3 Å². The van der Waals surface area contributed by atoms with Gasteiger partial charge in [0.1, 0.15) is 11.6 Å². The third-order valence-electron chi connectivity index (χ3n) is 9.02. The molecule has 1 fully saturated rings. The van der Waals surface area contributed by atoms with E-state index in [2.05, 4.69) is 32.7 Å². The fourth-order valence-corrected chi connectivity index (χ4v) is 6.15. The van der Waals surface area contributed by atoms with Crippen LogP contribution in [0.5, 0.6) is 0 Å². The smallest absolute Gasteiger partial charge is 0.253 e. The molecule has 0 saturated carbocycles. The standard InChI is InChI=1S/C37H41N7O3/c1-36(2,38)34(46)41-31(21-27-22-39-30-14-8-7-13-29(27)30)33(45)42-32-23-44(24-40-32)37(3,35(47)43-19-9-10-20-43)28-17-15-26(16-18-28)25-11-5-4-6-12-25/h4-8,11-18,22-24,31,39H,9-10,19-21,38H2,1-3H3,(H,41,46)(H,42,45)/t31-,37?/m1/s1. The molecule has 242 valence electrons. The molecule has 2 aromatic heterocycles. The molecule has 3 heterocycles. The fraction of sp³-hybridized carbons (Fsp3) is 0.297. The predicted octanol–water partition coefficient (Wildman–Crippen LogP) is 4.82. The summed E-state index contributed by atoms with van der Waals surface area (Å²) >= 11 is 0. The van der Waals surface area contributed by atoms with Crippen LogP contribution in [-0.4, -0.2) is 61.8 Å². The number of carbonyl (C=O) groups excluding carboxylic acids is 3. The lowest BCUT2D eigenvalue weighted by molar-refractivity contribution is -0.137. The van der Waals surface area contributed by atoms with Crippen molar-refractivity contribution in [3.05, 3.63) is 109 Å². The van der Waals surface area contributed by atoms with Gasteiger partial charge in [-0.1, -0.05) is 72.8 Å². The molecule has 0 spiro atoms. The van der Waals surface area contributed by atoms with E-state index < -0.39 is 28.9 Å². The number of rotatable bonds is 10. The summed E-state index contributed by atoms with van der Waals surface area (Å²) in [6, 6.07) is 25.0. The molecular formula is C37H41N7O3. The Morgan fingerprint density at radius 2 is 1.57 bits per heavy atom. The Morgan fingerprint density at radius 3 is 2.28 bits per heavy atom. The van der Waals surface area contributed by atoms with Crippen molar-refractivity contribution in [1.29, 1.82) is 0 Å². The normalized spacial score (nSPS) is 15.3. The van der Waals surface area contributed by atoms with Crippen LogP contribution in [0.1, 0.15) is 44.7 Å². The van der Waals surface area contributed by atoms with Crippen molar-refractivity contribution in [2.75, 3.05) is 18.4 Å². The van der Waals surface area contributed by atoms with Gasteiger partial charge in [0, 0.05) is 42.8 Å². The lowest BCUT2D eigenvalue weighted by Gasteiger charge is -2.34. The quantitative estimate of drug-likeness (QED) is 0.175. The molecule has 1 unspecified atom stereocenters. The van der Waals surface area contributed by atoms with E-state index in [1.165, 1.54) is 0 Å². The molecule has 47 heavy (non-hydrogen) atoms. The number of benzene rings is 3. The lowest BCUT2D eigenvalue weighted by atomic mass is 9.88. The maximum absolute atomic E-state index is 14.2. The number of amides is 3. The Bertz CT molecular complexity index is 1880. The number of hydrogen-bond donors (Lipinski definition) is 4. The second-order valence-corrected chi connectivity index (χ2v) is 13.0. The first-order valence-electron chi connectivity index (χ1n) is 16.0. The van der Waals surface area contributed by atoms with Gasteiger partial charge in [-0.3, -0.25) is 14.4 Å². The van der Waals surface area contributed by atoms with Gasteiger partial charge in [0.25, 0.3) is 5.91 Å². The zero-order chi connectivity index (χ0) is 33.2. The van der Waals surface area contributed by atoms with Crippen LogP contribution in [0, 0.1) is 0 Å². The molecule has 1 aliphatic heterocycles. The Morgan fingerprint density at radius 1 is 0.915 bits per heavy atom. The summed E-state index contributed by atoms with van der Waals surface area (Å²) in [5.74, 6) is -0.669. The van der Waals surface area contributed by atoms with E-state index in [0.717, 1.165) is 46.0 Å². The van der Waals surface area contributed by atoms with Crippen molar-refractivity contribution in [2.45, 2.75) is 57.2 Å². The summed E-state index contributed by atoms with van der Waals surface area (Å²) in [6.07, 6.45) is 7.25. The highest BCUT2D eigenvalue weighted by molar-refractivity contribution is 5.98. The van der Waals surface area contributed by atoms with Gasteiger partial charge in [-0.05, 0) is 61.9 Å². The number of carbonyl (C=O) groups is 3. The van der Waals surface area contributed by atoms with Gasteiger partial charge < -0.3 is 30.8 Å². The highest BCUT2D eigenvalue weighted by Gasteiger charge is 2.41. The molecule has 5 N–H and O–H groups in total. The predicted molar refractivity (Wildman–Crippen MR) is 183 cm³/mol. The second-order valence-electron chi connectivity index (χ2n) is 13.0. The number of H-pyrrole nitrogens is 1. The summed E-state index contributed by atoms with van der Waals surface area (Å²) in [5, 5.41) is 6.68. The number of aromatic amines is 1. The van der Waals surface area contributed by atoms with E-state index in [4.69, 9.17) is 5.73 Å². The van der Waals surface area contributed by atoms with E-state index in [1.807, 2.05) is 84.8 Å². The summed E-state index contributed by atoms with van der Waals surface area (Å²) in [6.45, 7) is 6.47. The number of nitrogens with one attached hydrogen (secondary N) is 3. The number of para-hydroxylation sites is 1. The van der Waals surface area contributed by atoms with Gasteiger partial charge in [0.05, 0.1) is 11.9 Å². The third kappa shape index (κ3) is 6.55. The van der Waals surface area contributed by atoms with Gasteiger partial charge in [-0.2, -0.15) is 0 Å². The van der Waals surface area contributed by atoms with Crippen LogP contribution in [0.2, 0.25) is 0 Å². The molecule has 6 rings (SSSR count). The first kappa shape index (κ1) is 31.7. The first-order chi connectivity index (χ1) is 22.5. The molecule has 10 nitrogen and oxygen atoms in total. The number of imidazole rings is 1. The van der Waals surface area contributed by atoms with E-state index in [0.29, 0.717) is 13.1 Å². The number of nitrogens with two attached hydrogens (primary N) is 1. The average Bonchev–Trinajstić information content (AvgIpc) is 3.86. The van der Waals surface area contributed by atoms with Gasteiger partial charge in [0.2, 0.25) is 11.8 Å². The molecule has 2 atom stereocenters. The number of fused-ring (bicyclic) bond motifs is 1. The van der Waals surface area contributed by atoms with Crippen LogP contribution in [0.15, 0.2) is 97.6 Å². The van der Waals surface area contributed by atoms with Crippen LogP contribution in [0.4, 0.5) is 5.82 Å². The highest BCUT2D eigenvalue weighted by atomic mass is 16.2. The van der Waals surface area contributed by atoms with Gasteiger partial charge in [0.15, 0.2) is 5.82 Å². The van der Waals surface area contributed by atoms with E-state index in [-0.39, 0.29) is 18.1 Å². The average molecular weight is 632 g/mol. The van der Waals surface area contributed by atoms with Gasteiger partial charge in [-0.15, -0.1) is 0 Å². The highest BCUT2D eigenvalue weighted by Crippen LogP contribution is 2.33. The molecule has 0 radical (unpaired) electrons. The second kappa shape index (κ2) is 12.9. The number of hydrogen-bond acceptors (Lipinski definition) is 5. The monoisotopic (exact) mass is 631 g/mol. The Balaban J connectivity index is 1.29. The number of likely N-dealkylation sites (tertiary alicyclic amines) is 1. The molecule has 0 bridgehead atoms.